The fourth-order valence-electron chi connectivity index (χ4n) is 3.99. The lowest BCUT2D eigenvalue weighted by Gasteiger charge is -2.33. The molecular formula is C25H26F3N5O2. The summed E-state index contributed by atoms with van der Waals surface area (Å²) in [5, 5.41) is 9.40. The number of halogens is 3. The van der Waals surface area contributed by atoms with Crippen molar-refractivity contribution in [2.24, 2.45) is 0 Å². The molecule has 1 aliphatic heterocycles. The fourth-order valence-corrected chi connectivity index (χ4v) is 3.99. The SMILES string of the molecule is CC1(C)CNCc2cc(NC(=O)c3cccnc3NCc3ccnc(OCC(F)(F)F)c3)ccc21. The maximum Gasteiger partial charge on any atom is 0.422 e. The first kappa shape index (κ1) is 24.5. The predicted octanol–water partition coefficient (Wildman–Crippen LogP) is 4.66. The average molecular weight is 486 g/mol. The molecule has 0 saturated carbocycles. The van der Waals surface area contributed by atoms with Crippen LogP contribution in [0.3, 0.4) is 0 Å². The zero-order valence-corrected chi connectivity index (χ0v) is 19.4. The molecule has 0 aliphatic carbocycles. The van der Waals surface area contributed by atoms with Gasteiger partial charge in [-0.3, -0.25) is 4.79 Å². The largest absolute Gasteiger partial charge is 0.468 e. The first-order chi connectivity index (χ1) is 16.6. The van der Waals surface area contributed by atoms with E-state index in [1.54, 1.807) is 24.4 Å². The van der Waals surface area contributed by atoms with E-state index in [4.69, 9.17) is 4.74 Å². The third-order valence-electron chi connectivity index (χ3n) is 5.67. The average Bonchev–Trinajstić information content (AvgIpc) is 2.81. The van der Waals surface area contributed by atoms with Gasteiger partial charge in [-0.25, -0.2) is 9.97 Å². The van der Waals surface area contributed by atoms with Crippen LogP contribution in [0.5, 0.6) is 5.88 Å². The first-order valence-electron chi connectivity index (χ1n) is 11.1. The number of carbonyl (C=O) groups is 1. The van der Waals surface area contributed by atoms with Crippen LogP contribution in [0, 0.1) is 0 Å². The molecule has 1 amide bonds. The topological polar surface area (TPSA) is 88.2 Å². The van der Waals surface area contributed by atoms with Gasteiger partial charge in [0.2, 0.25) is 5.88 Å². The standard InChI is InChI=1S/C25H26F3N5O2/c1-24(2)14-29-13-17-11-18(5-6-20(17)24)33-23(34)19-4-3-8-31-22(19)32-12-16-7-9-30-21(10-16)35-15-25(26,27)28/h3-11,29H,12-15H2,1-2H3,(H,31,32)(H,33,34). The van der Waals surface area contributed by atoms with Crippen molar-refractivity contribution in [3.05, 3.63) is 77.1 Å². The molecule has 184 valence electrons. The molecule has 35 heavy (non-hydrogen) atoms. The number of benzene rings is 1. The van der Waals surface area contributed by atoms with E-state index in [0.717, 1.165) is 18.7 Å². The second-order valence-corrected chi connectivity index (χ2v) is 8.97. The molecule has 0 unspecified atom stereocenters. The Labute approximate surface area is 201 Å². The van der Waals surface area contributed by atoms with Crippen LogP contribution in [-0.2, 0) is 18.5 Å². The van der Waals surface area contributed by atoms with Crippen molar-refractivity contribution in [3.8, 4) is 5.88 Å². The Balaban J connectivity index is 1.44. The number of amides is 1. The third-order valence-corrected chi connectivity index (χ3v) is 5.67. The van der Waals surface area contributed by atoms with Crippen molar-refractivity contribution in [1.82, 2.24) is 15.3 Å². The number of alkyl halides is 3. The highest BCUT2D eigenvalue weighted by Crippen LogP contribution is 2.31. The summed E-state index contributed by atoms with van der Waals surface area (Å²) in [6.07, 6.45) is -1.53. The number of hydrogen-bond donors (Lipinski definition) is 3. The van der Waals surface area contributed by atoms with Crippen LogP contribution < -0.4 is 20.7 Å². The lowest BCUT2D eigenvalue weighted by Crippen LogP contribution is -2.38. The van der Waals surface area contributed by atoms with Gasteiger partial charge in [-0.05, 0) is 47.0 Å². The van der Waals surface area contributed by atoms with Gasteiger partial charge in [-0.15, -0.1) is 0 Å². The molecule has 10 heteroatoms. The Morgan fingerprint density at radius 1 is 1.14 bits per heavy atom. The van der Waals surface area contributed by atoms with Crippen molar-refractivity contribution in [2.45, 2.75) is 38.5 Å². The second-order valence-electron chi connectivity index (χ2n) is 8.97. The van der Waals surface area contributed by atoms with Gasteiger partial charge in [0.25, 0.3) is 5.91 Å². The number of carbonyl (C=O) groups excluding carboxylic acids is 1. The summed E-state index contributed by atoms with van der Waals surface area (Å²) in [5.41, 5.74) is 4.06. The van der Waals surface area contributed by atoms with E-state index in [9.17, 15) is 18.0 Å². The minimum Gasteiger partial charge on any atom is -0.468 e. The van der Waals surface area contributed by atoms with Gasteiger partial charge in [0, 0.05) is 49.2 Å². The van der Waals surface area contributed by atoms with Crippen LogP contribution in [0.2, 0.25) is 0 Å². The molecule has 0 radical (unpaired) electrons. The van der Waals surface area contributed by atoms with E-state index in [1.807, 2.05) is 12.1 Å². The maximum absolute atomic E-state index is 13.0. The molecule has 0 bridgehead atoms. The monoisotopic (exact) mass is 485 g/mol. The molecule has 2 aromatic heterocycles. The van der Waals surface area contributed by atoms with Gasteiger partial charge < -0.3 is 20.7 Å². The highest BCUT2D eigenvalue weighted by molar-refractivity contribution is 6.07. The molecule has 0 saturated heterocycles. The van der Waals surface area contributed by atoms with E-state index in [1.165, 1.54) is 17.8 Å². The summed E-state index contributed by atoms with van der Waals surface area (Å²) in [6, 6.07) is 12.3. The summed E-state index contributed by atoms with van der Waals surface area (Å²) >= 11 is 0. The van der Waals surface area contributed by atoms with Crippen molar-refractivity contribution in [1.29, 1.82) is 0 Å². The number of pyridine rings is 2. The highest BCUT2D eigenvalue weighted by atomic mass is 19.4. The van der Waals surface area contributed by atoms with E-state index < -0.39 is 12.8 Å². The van der Waals surface area contributed by atoms with Gasteiger partial charge in [0.1, 0.15) is 5.82 Å². The molecule has 0 fully saturated rings. The molecule has 3 heterocycles. The van der Waals surface area contributed by atoms with Crippen molar-refractivity contribution >= 4 is 17.4 Å². The van der Waals surface area contributed by atoms with Crippen LogP contribution in [-0.4, -0.2) is 35.2 Å². The Kier molecular flexibility index (Phi) is 6.93. The Morgan fingerprint density at radius 3 is 2.77 bits per heavy atom. The first-order valence-corrected chi connectivity index (χ1v) is 11.1. The molecule has 7 nitrogen and oxygen atoms in total. The minimum absolute atomic E-state index is 0.0150. The van der Waals surface area contributed by atoms with E-state index in [0.29, 0.717) is 22.6 Å². The summed E-state index contributed by atoms with van der Waals surface area (Å²) in [6.45, 7) is 4.78. The van der Waals surface area contributed by atoms with Crippen LogP contribution in [0.15, 0.2) is 54.9 Å². The molecule has 3 aromatic rings. The van der Waals surface area contributed by atoms with Gasteiger partial charge in [-0.1, -0.05) is 19.9 Å². The fraction of sp³-hybridized carbons (Fsp3) is 0.320. The van der Waals surface area contributed by atoms with Crippen molar-refractivity contribution in [2.75, 3.05) is 23.8 Å². The van der Waals surface area contributed by atoms with Gasteiger partial charge in [0.15, 0.2) is 6.61 Å². The Hall–Kier alpha value is -3.66. The minimum atomic E-state index is -4.45. The number of rotatable bonds is 7. The van der Waals surface area contributed by atoms with Crippen molar-refractivity contribution < 1.29 is 22.7 Å². The predicted molar refractivity (Wildman–Crippen MR) is 126 cm³/mol. The second kappa shape index (κ2) is 9.91. The van der Waals surface area contributed by atoms with Crippen molar-refractivity contribution in [3.63, 3.8) is 0 Å². The van der Waals surface area contributed by atoms with Crippen LogP contribution in [0.1, 0.15) is 40.9 Å². The lowest BCUT2D eigenvalue weighted by atomic mass is 9.79. The normalized spacial score (nSPS) is 14.7. The highest BCUT2D eigenvalue weighted by Gasteiger charge is 2.29. The smallest absolute Gasteiger partial charge is 0.422 e. The number of hydrogen-bond acceptors (Lipinski definition) is 6. The zero-order chi connectivity index (χ0) is 25.1. The molecule has 3 N–H and O–H groups in total. The zero-order valence-electron chi connectivity index (χ0n) is 19.4. The molecule has 4 rings (SSSR count). The molecule has 0 spiro atoms. The summed E-state index contributed by atoms with van der Waals surface area (Å²) in [5.74, 6) is -0.112. The van der Waals surface area contributed by atoms with Gasteiger partial charge in [0.05, 0.1) is 5.56 Å². The van der Waals surface area contributed by atoms with Crippen LogP contribution in [0.4, 0.5) is 24.7 Å². The number of anilines is 2. The number of nitrogens with one attached hydrogen (secondary N) is 3. The summed E-state index contributed by atoms with van der Waals surface area (Å²) in [4.78, 5) is 21.1. The number of aromatic nitrogens is 2. The third kappa shape index (κ3) is 6.27. The molecule has 1 aromatic carbocycles. The molecular weight excluding hydrogens is 459 g/mol. The number of nitrogens with zero attached hydrogens (tertiary/aromatic N) is 2. The van der Waals surface area contributed by atoms with Gasteiger partial charge >= 0.3 is 6.18 Å². The maximum atomic E-state index is 13.0. The van der Waals surface area contributed by atoms with Gasteiger partial charge in [-0.2, -0.15) is 13.2 Å². The Bertz CT molecular complexity index is 1210. The summed E-state index contributed by atoms with van der Waals surface area (Å²) in [7, 11) is 0. The quantitative estimate of drug-likeness (QED) is 0.451. The summed E-state index contributed by atoms with van der Waals surface area (Å²) < 4.78 is 41.9. The van der Waals surface area contributed by atoms with E-state index >= 15 is 0 Å². The Morgan fingerprint density at radius 2 is 1.97 bits per heavy atom. The van der Waals surface area contributed by atoms with Crippen LogP contribution in [0.25, 0.3) is 0 Å². The van der Waals surface area contributed by atoms with E-state index in [-0.39, 0.29) is 23.7 Å². The molecule has 1 aliphatic rings. The number of fused-ring (bicyclic) bond motifs is 1. The number of ether oxygens (including phenoxy) is 1. The molecule has 0 atom stereocenters. The van der Waals surface area contributed by atoms with Crippen LogP contribution >= 0.6 is 0 Å². The van der Waals surface area contributed by atoms with E-state index in [2.05, 4.69) is 45.8 Å². The lowest BCUT2D eigenvalue weighted by molar-refractivity contribution is -0.154.